The van der Waals surface area contributed by atoms with E-state index in [1.165, 1.54) is 0 Å². The van der Waals surface area contributed by atoms with Crippen molar-refractivity contribution in [3.8, 4) is 0 Å². The Balaban J connectivity index is 2.60. The predicted octanol–water partition coefficient (Wildman–Crippen LogP) is 2.16. The molecule has 1 atom stereocenters. The number of aromatic nitrogens is 1. The summed E-state index contributed by atoms with van der Waals surface area (Å²) in [6.07, 6.45) is 3.98. The van der Waals surface area contributed by atoms with Crippen LogP contribution < -0.4 is 5.73 Å². The van der Waals surface area contributed by atoms with Gasteiger partial charge >= 0.3 is 0 Å². The van der Waals surface area contributed by atoms with Crippen molar-refractivity contribution in [3.05, 3.63) is 12.0 Å². The maximum Gasteiger partial charge on any atom is 0.292 e. The van der Waals surface area contributed by atoms with Gasteiger partial charge in [-0.2, -0.15) is 0 Å². The van der Waals surface area contributed by atoms with Crippen LogP contribution in [0.1, 0.15) is 38.4 Å². The van der Waals surface area contributed by atoms with E-state index in [9.17, 15) is 0 Å². The van der Waals surface area contributed by atoms with Crippen LogP contribution in [0, 0.1) is 0 Å². The van der Waals surface area contributed by atoms with Gasteiger partial charge in [0.05, 0.1) is 6.20 Å². The van der Waals surface area contributed by atoms with E-state index in [4.69, 9.17) is 10.2 Å². The van der Waals surface area contributed by atoms with E-state index in [0.717, 1.165) is 18.6 Å². The van der Waals surface area contributed by atoms with Gasteiger partial charge in [-0.1, -0.05) is 20.3 Å². The lowest BCUT2D eigenvalue weighted by Crippen LogP contribution is -1.89. The van der Waals surface area contributed by atoms with E-state index < -0.39 is 0 Å². The van der Waals surface area contributed by atoms with Gasteiger partial charge in [-0.3, -0.25) is 0 Å². The van der Waals surface area contributed by atoms with Crippen LogP contribution >= 0.6 is 0 Å². The highest BCUT2D eigenvalue weighted by Crippen LogP contribution is 2.21. The summed E-state index contributed by atoms with van der Waals surface area (Å²) in [5, 5.41) is 0. The van der Waals surface area contributed by atoms with Crippen LogP contribution in [0.2, 0.25) is 0 Å². The van der Waals surface area contributed by atoms with Gasteiger partial charge in [0.25, 0.3) is 6.01 Å². The Labute approximate surface area is 66.6 Å². The Morgan fingerprint density at radius 1 is 1.73 bits per heavy atom. The van der Waals surface area contributed by atoms with Crippen molar-refractivity contribution in [1.82, 2.24) is 4.98 Å². The molecule has 2 N–H and O–H groups in total. The highest BCUT2D eigenvalue weighted by molar-refractivity contribution is 5.13. The summed E-state index contributed by atoms with van der Waals surface area (Å²) in [4.78, 5) is 3.83. The van der Waals surface area contributed by atoms with Crippen LogP contribution in [0.5, 0.6) is 0 Å². The molecule has 0 spiro atoms. The number of oxazole rings is 1. The van der Waals surface area contributed by atoms with Crippen LogP contribution in [0.3, 0.4) is 0 Å². The van der Waals surface area contributed by atoms with E-state index in [2.05, 4.69) is 18.8 Å². The molecule has 0 aliphatic carbocycles. The molecule has 1 unspecified atom stereocenters. The molecule has 0 saturated carbocycles. The molecule has 0 amide bonds. The second-order valence-corrected chi connectivity index (χ2v) is 2.79. The Morgan fingerprint density at radius 3 is 2.91 bits per heavy atom. The second kappa shape index (κ2) is 3.42. The number of nitrogens with two attached hydrogens (primary N) is 1. The first kappa shape index (κ1) is 8.11. The van der Waals surface area contributed by atoms with Crippen LogP contribution in [-0.2, 0) is 0 Å². The maximum absolute atomic E-state index is 5.33. The van der Waals surface area contributed by atoms with Crippen molar-refractivity contribution in [1.29, 1.82) is 0 Å². The fraction of sp³-hybridized carbons (Fsp3) is 0.625. The second-order valence-electron chi connectivity index (χ2n) is 2.79. The van der Waals surface area contributed by atoms with Gasteiger partial charge in [0, 0.05) is 5.92 Å². The summed E-state index contributed by atoms with van der Waals surface area (Å²) in [5.41, 5.74) is 5.33. The van der Waals surface area contributed by atoms with Gasteiger partial charge in [-0.25, -0.2) is 4.98 Å². The summed E-state index contributed by atoms with van der Waals surface area (Å²) in [7, 11) is 0. The molecule has 0 radical (unpaired) electrons. The summed E-state index contributed by atoms with van der Waals surface area (Å²) in [5.74, 6) is 1.33. The van der Waals surface area contributed by atoms with Crippen molar-refractivity contribution >= 4 is 6.01 Å². The lowest BCUT2D eigenvalue weighted by Gasteiger charge is -2.03. The normalized spacial score (nSPS) is 13.3. The summed E-state index contributed by atoms with van der Waals surface area (Å²) < 4.78 is 5.16. The fourth-order valence-electron chi connectivity index (χ4n) is 1.10. The molecule has 0 aliphatic heterocycles. The fourth-order valence-corrected chi connectivity index (χ4v) is 1.10. The molecule has 3 nitrogen and oxygen atoms in total. The molecular weight excluding hydrogens is 140 g/mol. The highest BCUT2D eigenvalue weighted by atomic mass is 16.4. The molecule has 1 aromatic heterocycles. The van der Waals surface area contributed by atoms with Crippen molar-refractivity contribution in [2.24, 2.45) is 0 Å². The van der Waals surface area contributed by atoms with E-state index in [-0.39, 0.29) is 6.01 Å². The predicted molar refractivity (Wildman–Crippen MR) is 44.2 cm³/mol. The summed E-state index contributed by atoms with van der Waals surface area (Å²) in [6, 6.07) is 0.267. The number of hydrogen-bond donors (Lipinski definition) is 1. The smallest absolute Gasteiger partial charge is 0.292 e. The van der Waals surface area contributed by atoms with Gasteiger partial charge in [-0.05, 0) is 6.42 Å². The van der Waals surface area contributed by atoms with Gasteiger partial charge in [0.15, 0.2) is 0 Å². The first-order valence-electron chi connectivity index (χ1n) is 3.95. The zero-order valence-corrected chi connectivity index (χ0v) is 7.00. The number of hydrogen-bond acceptors (Lipinski definition) is 3. The monoisotopic (exact) mass is 154 g/mol. The van der Waals surface area contributed by atoms with Crippen molar-refractivity contribution < 1.29 is 4.42 Å². The highest BCUT2D eigenvalue weighted by Gasteiger charge is 2.08. The van der Waals surface area contributed by atoms with Gasteiger partial charge in [0.2, 0.25) is 0 Å². The number of nitrogen functional groups attached to an aromatic ring is 1. The third-order valence-electron chi connectivity index (χ3n) is 1.75. The molecule has 1 rings (SSSR count). The topological polar surface area (TPSA) is 52.0 Å². The van der Waals surface area contributed by atoms with Crippen LogP contribution in [0.25, 0.3) is 0 Å². The number of nitrogens with zero attached hydrogens (tertiary/aromatic N) is 1. The van der Waals surface area contributed by atoms with E-state index in [0.29, 0.717) is 5.92 Å². The molecule has 3 heteroatoms. The van der Waals surface area contributed by atoms with Crippen molar-refractivity contribution in [3.63, 3.8) is 0 Å². The standard InChI is InChI=1S/C8H14N2O/c1-3-4-6(2)7-5-10-8(9)11-7/h5-6H,3-4H2,1-2H3,(H2,9,10). The molecule has 1 aromatic rings. The molecule has 0 aromatic carbocycles. The van der Waals surface area contributed by atoms with Crippen LogP contribution in [0.4, 0.5) is 6.01 Å². The minimum Gasteiger partial charge on any atom is -0.429 e. The summed E-state index contributed by atoms with van der Waals surface area (Å²) >= 11 is 0. The minimum atomic E-state index is 0.267. The summed E-state index contributed by atoms with van der Waals surface area (Å²) in [6.45, 7) is 4.26. The average Bonchev–Trinajstić information content (AvgIpc) is 2.36. The third-order valence-corrected chi connectivity index (χ3v) is 1.75. The van der Waals surface area contributed by atoms with Gasteiger partial charge < -0.3 is 10.2 Å². The third kappa shape index (κ3) is 1.97. The first-order chi connectivity index (χ1) is 5.24. The van der Waals surface area contributed by atoms with E-state index >= 15 is 0 Å². The van der Waals surface area contributed by atoms with Gasteiger partial charge in [0.1, 0.15) is 5.76 Å². The molecule has 1 heterocycles. The first-order valence-corrected chi connectivity index (χ1v) is 3.95. The van der Waals surface area contributed by atoms with Crippen LogP contribution in [-0.4, -0.2) is 4.98 Å². The minimum absolute atomic E-state index is 0.267. The zero-order chi connectivity index (χ0) is 8.27. The SMILES string of the molecule is CCCC(C)c1cnc(N)o1. The number of anilines is 1. The molecule has 0 saturated heterocycles. The lowest BCUT2D eigenvalue weighted by molar-refractivity contribution is 0.470. The molecule has 0 aliphatic rings. The number of rotatable bonds is 3. The largest absolute Gasteiger partial charge is 0.429 e. The van der Waals surface area contributed by atoms with Crippen molar-refractivity contribution in [2.75, 3.05) is 5.73 Å². The molecule has 62 valence electrons. The van der Waals surface area contributed by atoms with Crippen molar-refractivity contribution in [2.45, 2.75) is 32.6 Å². The quantitative estimate of drug-likeness (QED) is 0.725. The average molecular weight is 154 g/mol. The zero-order valence-electron chi connectivity index (χ0n) is 7.00. The Bertz CT molecular complexity index is 220. The van der Waals surface area contributed by atoms with Gasteiger partial charge in [-0.15, -0.1) is 0 Å². The molecular formula is C8H14N2O. The van der Waals surface area contributed by atoms with E-state index in [1.807, 2.05) is 0 Å². The molecule has 0 bridgehead atoms. The Hall–Kier alpha value is -0.990. The maximum atomic E-state index is 5.33. The molecule has 0 fully saturated rings. The van der Waals surface area contributed by atoms with Crippen LogP contribution in [0.15, 0.2) is 10.6 Å². The van der Waals surface area contributed by atoms with E-state index in [1.54, 1.807) is 6.20 Å². The lowest BCUT2D eigenvalue weighted by atomic mass is 10.0. The molecule has 11 heavy (non-hydrogen) atoms. The Morgan fingerprint density at radius 2 is 2.45 bits per heavy atom. The Kier molecular flexibility index (Phi) is 2.52.